The molecule has 0 amide bonds. The van der Waals surface area contributed by atoms with Crippen LogP contribution < -0.4 is 5.32 Å². The second-order valence-corrected chi connectivity index (χ2v) is 11.0. The maximum Gasteiger partial charge on any atom is 0.184 e. The average Bonchev–Trinajstić information content (AvgIpc) is 3.50. The second kappa shape index (κ2) is 12.5. The van der Waals surface area contributed by atoms with E-state index in [1.807, 2.05) is 6.08 Å². The van der Waals surface area contributed by atoms with E-state index in [0.717, 1.165) is 18.2 Å². The lowest BCUT2D eigenvalue weighted by molar-refractivity contribution is -0.151. The first-order valence-corrected chi connectivity index (χ1v) is 13.4. The van der Waals surface area contributed by atoms with Crippen LogP contribution in [-0.2, 0) is 11.3 Å². The molecule has 1 saturated heterocycles. The summed E-state index contributed by atoms with van der Waals surface area (Å²) in [6, 6.07) is 1.99. The lowest BCUT2D eigenvalue weighted by Crippen LogP contribution is -2.54. The zero-order valence-electron chi connectivity index (χ0n) is 23.1. The van der Waals surface area contributed by atoms with E-state index in [4.69, 9.17) is 4.74 Å². The van der Waals surface area contributed by atoms with Crippen molar-refractivity contribution in [2.24, 2.45) is 5.92 Å². The number of nitrogens with one attached hydrogen (secondary N) is 1. The van der Waals surface area contributed by atoms with E-state index in [1.165, 1.54) is 29.7 Å². The van der Waals surface area contributed by atoms with Crippen molar-refractivity contribution in [2.45, 2.75) is 70.3 Å². The molecule has 1 aliphatic carbocycles. The molecule has 4 rings (SSSR count). The maximum atomic E-state index is 14.8. The van der Waals surface area contributed by atoms with E-state index in [1.54, 1.807) is 13.8 Å². The van der Waals surface area contributed by atoms with Crippen molar-refractivity contribution in [1.82, 2.24) is 25.0 Å². The Labute approximate surface area is 231 Å². The first-order chi connectivity index (χ1) is 18.9. The van der Waals surface area contributed by atoms with E-state index in [0.29, 0.717) is 18.5 Å². The second-order valence-electron chi connectivity index (χ2n) is 11.0. The summed E-state index contributed by atoms with van der Waals surface area (Å²) in [4.78, 5) is 6.13. The summed E-state index contributed by atoms with van der Waals surface area (Å²) in [6.07, 6.45) is 0.128. The summed E-state index contributed by atoms with van der Waals surface area (Å²) in [6.45, 7) is 5.46. The highest BCUT2D eigenvalue weighted by atomic mass is 19.1. The van der Waals surface area contributed by atoms with Gasteiger partial charge in [-0.25, -0.2) is 27.2 Å². The van der Waals surface area contributed by atoms with Crippen molar-refractivity contribution < 1.29 is 32.5 Å². The summed E-state index contributed by atoms with van der Waals surface area (Å²) < 4.78 is 65.1. The van der Waals surface area contributed by atoms with Crippen LogP contribution in [0.15, 0.2) is 41.8 Å². The average molecular weight is 568 g/mol. The van der Waals surface area contributed by atoms with Gasteiger partial charge in [-0.2, -0.15) is 5.10 Å². The van der Waals surface area contributed by atoms with Gasteiger partial charge < -0.3 is 20.3 Å². The number of hydrogen-bond acceptors (Lipinski definition) is 7. The van der Waals surface area contributed by atoms with Crippen LogP contribution in [0.3, 0.4) is 0 Å². The standard InChI is InChI=1S/C28H37F4N5O3/c1-16(38)27(39)36(15-18-12-33-13-23(18)32)24(28(2,3)40-4)26-34-25(21-11-20(30)8-9-22(21)31)35-37(26)14-17-6-5-7-19(29)10-17/h6,8-11,16,18,23-24,27,33,38-39H,5,7,12-15H2,1-4H3/t16-,18-,23-,24-,27?/m0/s1. The third-order valence-corrected chi connectivity index (χ3v) is 7.57. The summed E-state index contributed by atoms with van der Waals surface area (Å²) in [7, 11) is 1.46. The molecule has 40 heavy (non-hydrogen) atoms. The van der Waals surface area contributed by atoms with Crippen LogP contribution in [0.25, 0.3) is 11.4 Å². The van der Waals surface area contributed by atoms with Crippen LogP contribution in [0.1, 0.15) is 45.5 Å². The molecule has 5 atom stereocenters. The van der Waals surface area contributed by atoms with Gasteiger partial charge in [0.05, 0.1) is 23.8 Å². The number of benzene rings is 1. The van der Waals surface area contributed by atoms with Gasteiger partial charge in [0.25, 0.3) is 0 Å². The smallest absolute Gasteiger partial charge is 0.184 e. The molecule has 1 aromatic heterocycles. The van der Waals surface area contributed by atoms with E-state index in [2.05, 4.69) is 15.4 Å². The van der Waals surface area contributed by atoms with Crippen molar-refractivity contribution in [3.63, 3.8) is 0 Å². The molecule has 0 bridgehead atoms. The molecule has 2 aromatic rings. The van der Waals surface area contributed by atoms with Crippen LogP contribution in [-0.4, -0.2) is 80.7 Å². The number of aromatic nitrogens is 3. The Morgan fingerprint density at radius 1 is 1.23 bits per heavy atom. The van der Waals surface area contributed by atoms with Crippen molar-refractivity contribution in [1.29, 1.82) is 0 Å². The van der Waals surface area contributed by atoms with Crippen molar-refractivity contribution in [2.75, 3.05) is 26.7 Å². The Kier molecular flexibility index (Phi) is 9.46. The molecule has 0 radical (unpaired) electrons. The molecule has 2 heterocycles. The van der Waals surface area contributed by atoms with Crippen LogP contribution in [0.2, 0.25) is 0 Å². The fourth-order valence-electron chi connectivity index (χ4n) is 5.23. The Morgan fingerprint density at radius 2 is 1.98 bits per heavy atom. The van der Waals surface area contributed by atoms with Crippen LogP contribution in [0, 0.1) is 17.6 Å². The van der Waals surface area contributed by atoms with Gasteiger partial charge in [-0.15, -0.1) is 0 Å². The van der Waals surface area contributed by atoms with Crippen LogP contribution in [0.4, 0.5) is 17.6 Å². The van der Waals surface area contributed by atoms with Crippen LogP contribution >= 0.6 is 0 Å². The number of hydrogen-bond donors (Lipinski definition) is 3. The minimum Gasteiger partial charge on any atom is -0.389 e. The van der Waals surface area contributed by atoms with E-state index < -0.39 is 47.7 Å². The summed E-state index contributed by atoms with van der Waals surface area (Å²) in [5, 5.41) is 29.1. The van der Waals surface area contributed by atoms with Crippen molar-refractivity contribution >= 4 is 0 Å². The highest BCUT2D eigenvalue weighted by Gasteiger charge is 2.45. The van der Waals surface area contributed by atoms with Crippen molar-refractivity contribution in [3.8, 4) is 11.4 Å². The molecule has 220 valence electrons. The van der Waals surface area contributed by atoms with E-state index in [9.17, 15) is 27.8 Å². The molecule has 1 aromatic carbocycles. The Morgan fingerprint density at radius 3 is 2.60 bits per heavy atom. The number of halogens is 4. The number of ether oxygens (including phenoxy) is 1. The molecule has 8 nitrogen and oxygen atoms in total. The van der Waals surface area contributed by atoms with Gasteiger partial charge in [-0.1, -0.05) is 6.08 Å². The van der Waals surface area contributed by atoms with Gasteiger partial charge in [-0.3, -0.25) is 4.90 Å². The van der Waals surface area contributed by atoms with Gasteiger partial charge in [0.15, 0.2) is 5.82 Å². The normalized spacial score (nSPS) is 22.3. The molecule has 1 fully saturated rings. The topological polar surface area (TPSA) is 95.7 Å². The molecule has 0 spiro atoms. The quantitative estimate of drug-likeness (QED) is 0.281. The van der Waals surface area contributed by atoms with Gasteiger partial charge in [0.1, 0.15) is 41.7 Å². The number of aliphatic hydroxyl groups excluding tert-OH is 2. The summed E-state index contributed by atoms with van der Waals surface area (Å²) in [5.41, 5.74) is -0.695. The SMILES string of the molecule is COC(C)(C)[C@H](c1nc(-c2cc(F)ccc2F)nn1CC1=CCCC(F)=C1)N(C[C@@H]1CNC[C@@H]1F)C(O)[C@H](C)O. The highest BCUT2D eigenvalue weighted by molar-refractivity contribution is 5.55. The number of aliphatic hydroxyl groups is 2. The third kappa shape index (κ3) is 6.63. The first kappa shape index (κ1) is 30.3. The number of methoxy groups -OCH3 is 1. The number of alkyl halides is 1. The molecule has 1 aliphatic heterocycles. The van der Waals surface area contributed by atoms with Gasteiger partial charge in [0, 0.05) is 39.1 Å². The maximum absolute atomic E-state index is 14.8. The van der Waals surface area contributed by atoms with E-state index >= 15 is 0 Å². The molecule has 1 unspecified atom stereocenters. The van der Waals surface area contributed by atoms with E-state index in [-0.39, 0.29) is 49.1 Å². The minimum absolute atomic E-state index is 0.0193. The molecular weight excluding hydrogens is 530 g/mol. The Balaban J connectivity index is 1.89. The Hall–Kier alpha value is -2.64. The number of rotatable bonds is 11. The van der Waals surface area contributed by atoms with Crippen LogP contribution in [0.5, 0.6) is 0 Å². The third-order valence-electron chi connectivity index (χ3n) is 7.57. The lowest BCUT2D eigenvalue weighted by atomic mass is 9.93. The molecule has 2 aliphatic rings. The first-order valence-electron chi connectivity index (χ1n) is 13.4. The number of nitrogens with zero attached hydrogens (tertiary/aromatic N) is 4. The molecule has 12 heteroatoms. The fraction of sp³-hybridized carbons (Fsp3) is 0.571. The van der Waals surface area contributed by atoms with Crippen molar-refractivity contribution in [3.05, 3.63) is 59.2 Å². The molecular formula is C28H37F4N5O3. The number of allylic oxidation sites excluding steroid dienone is 4. The zero-order chi connectivity index (χ0) is 29.2. The van der Waals surface area contributed by atoms with Gasteiger partial charge in [0.2, 0.25) is 0 Å². The largest absolute Gasteiger partial charge is 0.389 e. The predicted octanol–water partition coefficient (Wildman–Crippen LogP) is 3.82. The van der Waals surface area contributed by atoms with Gasteiger partial charge >= 0.3 is 0 Å². The predicted molar refractivity (Wildman–Crippen MR) is 141 cm³/mol. The zero-order valence-corrected chi connectivity index (χ0v) is 23.1. The summed E-state index contributed by atoms with van der Waals surface area (Å²) >= 11 is 0. The Bertz CT molecular complexity index is 1250. The minimum atomic E-state index is -1.46. The highest BCUT2D eigenvalue weighted by Crippen LogP contribution is 2.38. The van der Waals surface area contributed by atoms with Gasteiger partial charge in [-0.05, 0) is 57.0 Å². The fourth-order valence-corrected chi connectivity index (χ4v) is 5.23. The molecule has 3 N–H and O–H groups in total. The molecule has 0 saturated carbocycles. The summed E-state index contributed by atoms with van der Waals surface area (Å²) in [5.74, 6) is -2.17. The lowest BCUT2D eigenvalue weighted by Gasteiger charge is -2.44. The monoisotopic (exact) mass is 567 g/mol.